The summed E-state index contributed by atoms with van der Waals surface area (Å²) in [6, 6.07) is 16.9. The average Bonchev–Trinajstić information content (AvgIpc) is 2.67. The zero-order valence-electron chi connectivity index (χ0n) is 15.2. The van der Waals surface area contributed by atoms with Crippen molar-refractivity contribution in [2.45, 2.75) is 37.6 Å². The van der Waals surface area contributed by atoms with Gasteiger partial charge in [-0.05, 0) is 29.7 Å². The minimum absolute atomic E-state index is 0.0581. The summed E-state index contributed by atoms with van der Waals surface area (Å²) in [6.45, 7) is 0.826. The van der Waals surface area contributed by atoms with Gasteiger partial charge in [0, 0.05) is 24.8 Å². The number of aliphatic hydroxyl groups excluding tert-OH is 3. The zero-order valence-corrected chi connectivity index (χ0v) is 15.2. The van der Waals surface area contributed by atoms with E-state index in [1.807, 2.05) is 59.5 Å². The SMILES string of the molecule is O=C(Cc1ccccc1)Nc1ccc(CN2C[C@H](O)C(O)C[C@@H]2CO)cc1. The second-order valence-corrected chi connectivity index (χ2v) is 7.04. The summed E-state index contributed by atoms with van der Waals surface area (Å²) in [5.74, 6) is -0.0672. The standard InChI is InChI=1S/C21H26N2O4/c24-14-18-11-19(25)20(26)13-23(18)12-16-6-8-17(9-7-16)22-21(27)10-15-4-2-1-3-5-15/h1-9,18-20,24-26H,10-14H2,(H,22,27)/t18-,19?,20+/m1/s1. The number of likely N-dealkylation sites (tertiary alicyclic amines) is 1. The molecular weight excluding hydrogens is 344 g/mol. The highest BCUT2D eigenvalue weighted by molar-refractivity contribution is 5.92. The first-order chi connectivity index (χ1) is 13.0. The fourth-order valence-corrected chi connectivity index (χ4v) is 3.39. The lowest BCUT2D eigenvalue weighted by Gasteiger charge is -2.39. The van der Waals surface area contributed by atoms with Gasteiger partial charge in [0.15, 0.2) is 0 Å². The average molecular weight is 370 g/mol. The highest BCUT2D eigenvalue weighted by Gasteiger charge is 2.32. The topological polar surface area (TPSA) is 93.0 Å². The number of benzene rings is 2. The van der Waals surface area contributed by atoms with Crippen molar-refractivity contribution in [2.75, 3.05) is 18.5 Å². The van der Waals surface area contributed by atoms with Crippen LogP contribution in [0.2, 0.25) is 0 Å². The molecule has 0 radical (unpaired) electrons. The molecule has 1 heterocycles. The van der Waals surface area contributed by atoms with Crippen LogP contribution in [0, 0.1) is 0 Å². The molecule has 1 amide bonds. The summed E-state index contributed by atoms with van der Waals surface area (Å²) in [4.78, 5) is 14.1. The Balaban J connectivity index is 1.56. The van der Waals surface area contributed by atoms with Crippen molar-refractivity contribution in [1.82, 2.24) is 4.90 Å². The molecule has 1 aliphatic rings. The van der Waals surface area contributed by atoms with E-state index in [0.29, 0.717) is 25.9 Å². The Hall–Kier alpha value is -2.25. The molecule has 1 saturated heterocycles. The number of nitrogens with one attached hydrogen (secondary N) is 1. The van der Waals surface area contributed by atoms with Gasteiger partial charge in [-0.1, -0.05) is 42.5 Å². The lowest BCUT2D eigenvalue weighted by atomic mass is 9.97. The molecular formula is C21H26N2O4. The molecule has 2 aromatic rings. The monoisotopic (exact) mass is 370 g/mol. The van der Waals surface area contributed by atoms with Gasteiger partial charge in [0.1, 0.15) is 0 Å². The fraction of sp³-hybridized carbons (Fsp3) is 0.381. The van der Waals surface area contributed by atoms with E-state index in [9.17, 15) is 20.1 Å². The molecule has 2 aromatic carbocycles. The van der Waals surface area contributed by atoms with E-state index in [1.165, 1.54) is 0 Å². The van der Waals surface area contributed by atoms with E-state index in [2.05, 4.69) is 5.32 Å². The third-order valence-electron chi connectivity index (χ3n) is 4.94. The van der Waals surface area contributed by atoms with E-state index < -0.39 is 12.2 Å². The maximum Gasteiger partial charge on any atom is 0.228 e. The number of carbonyl (C=O) groups is 1. The summed E-state index contributed by atoms with van der Waals surface area (Å²) in [5, 5.41) is 32.1. The molecule has 144 valence electrons. The van der Waals surface area contributed by atoms with Gasteiger partial charge in [-0.3, -0.25) is 9.69 Å². The number of aliphatic hydroxyl groups is 3. The van der Waals surface area contributed by atoms with Crippen LogP contribution in [-0.4, -0.2) is 57.5 Å². The predicted molar refractivity (Wildman–Crippen MR) is 103 cm³/mol. The predicted octanol–water partition coefficient (Wildman–Crippen LogP) is 1.16. The van der Waals surface area contributed by atoms with Gasteiger partial charge in [0.25, 0.3) is 0 Å². The summed E-state index contributed by atoms with van der Waals surface area (Å²) in [7, 11) is 0. The number of amides is 1. The number of hydrogen-bond donors (Lipinski definition) is 4. The largest absolute Gasteiger partial charge is 0.395 e. The Bertz CT molecular complexity index is 736. The number of rotatable bonds is 6. The molecule has 0 aliphatic carbocycles. The van der Waals surface area contributed by atoms with Crippen molar-refractivity contribution in [2.24, 2.45) is 0 Å². The van der Waals surface area contributed by atoms with Crippen LogP contribution >= 0.6 is 0 Å². The Morgan fingerprint density at radius 1 is 1.00 bits per heavy atom. The van der Waals surface area contributed by atoms with Gasteiger partial charge < -0.3 is 20.6 Å². The number of carbonyl (C=O) groups excluding carboxylic acids is 1. The van der Waals surface area contributed by atoms with Crippen molar-refractivity contribution < 1.29 is 20.1 Å². The molecule has 0 aromatic heterocycles. The fourth-order valence-electron chi connectivity index (χ4n) is 3.39. The quantitative estimate of drug-likeness (QED) is 0.612. The molecule has 27 heavy (non-hydrogen) atoms. The first kappa shape index (κ1) is 19.5. The summed E-state index contributed by atoms with van der Waals surface area (Å²) in [5.41, 5.74) is 2.71. The second kappa shape index (κ2) is 9.10. The van der Waals surface area contributed by atoms with Crippen molar-refractivity contribution in [3.8, 4) is 0 Å². The lowest BCUT2D eigenvalue weighted by Crippen LogP contribution is -2.53. The molecule has 1 aliphatic heterocycles. The minimum atomic E-state index is -0.802. The summed E-state index contributed by atoms with van der Waals surface area (Å²) >= 11 is 0. The van der Waals surface area contributed by atoms with Gasteiger partial charge in [0.2, 0.25) is 5.91 Å². The van der Waals surface area contributed by atoms with Crippen molar-refractivity contribution in [3.63, 3.8) is 0 Å². The molecule has 6 nitrogen and oxygen atoms in total. The maximum absolute atomic E-state index is 12.1. The first-order valence-corrected chi connectivity index (χ1v) is 9.19. The Morgan fingerprint density at radius 2 is 1.70 bits per heavy atom. The molecule has 1 fully saturated rings. The molecule has 1 unspecified atom stereocenters. The molecule has 4 N–H and O–H groups in total. The van der Waals surface area contributed by atoms with Crippen molar-refractivity contribution in [3.05, 3.63) is 65.7 Å². The number of nitrogens with zero attached hydrogens (tertiary/aromatic N) is 1. The van der Waals surface area contributed by atoms with Crippen LogP contribution in [0.4, 0.5) is 5.69 Å². The van der Waals surface area contributed by atoms with Crippen LogP contribution in [0.15, 0.2) is 54.6 Å². The number of anilines is 1. The smallest absolute Gasteiger partial charge is 0.228 e. The zero-order chi connectivity index (χ0) is 19.2. The normalized spacial score (nSPS) is 23.1. The van der Waals surface area contributed by atoms with Crippen molar-refractivity contribution >= 4 is 11.6 Å². The Labute approximate surface area is 159 Å². The number of hydrogen-bond acceptors (Lipinski definition) is 5. The molecule has 0 saturated carbocycles. The van der Waals surface area contributed by atoms with Gasteiger partial charge in [0.05, 0.1) is 25.2 Å². The van der Waals surface area contributed by atoms with Crippen LogP contribution in [-0.2, 0) is 17.8 Å². The highest BCUT2D eigenvalue weighted by atomic mass is 16.3. The van der Waals surface area contributed by atoms with E-state index in [0.717, 1.165) is 16.8 Å². The molecule has 0 bridgehead atoms. The van der Waals surface area contributed by atoms with Crippen LogP contribution in [0.25, 0.3) is 0 Å². The summed E-state index contributed by atoms with van der Waals surface area (Å²) in [6.07, 6.45) is -0.912. The van der Waals surface area contributed by atoms with Crippen LogP contribution in [0.1, 0.15) is 17.5 Å². The highest BCUT2D eigenvalue weighted by Crippen LogP contribution is 2.21. The Kier molecular flexibility index (Phi) is 6.58. The molecule has 3 rings (SSSR count). The van der Waals surface area contributed by atoms with Gasteiger partial charge in [-0.15, -0.1) is 0 Å². The van der Waals surface area contributed by atoms with Gasteiger partial charge >= 0.3 is 0 Å². The number of β-amino-alcohol motifs (C(OH)–C–C–N with tert-alkyl or cyclic N) is 1. The van der Waals surface area contributed by atoms with Crippen LogP contribution in [0.3, 0.4) is 0 Å². The Morgan fingerprint density at radius 3 is 2.37 bits per heavy atom. The first-order valence-electron chi connectivity index (χ1n) is 9.19. The minimum Gasteiger partial charge on any atom is -0.395 e. The number of piperidine rings is 1. The van der Waals surface area contributed by atoms with Crippen molar-refractivity contribution in [1.29, 1.82) is 0 Å². The maximum atomic E-state index is 12.1. The molecule has 3 atom stereocenters. The second-order valence-electron chi connectivity index (χ2n) is 7.04. The lowest BCUT2D eigenvalue weighted by molar-refractivity contribution is -0.115. The molecule has 0 spiro atoms. The van der Waals surface area contributed by atoms with Crippen LogP contribution in [0.5, 0.6) is 0 Å². The molecule has 6 heteroatoms. The van der Waals surface area contributed by atoms with Gasteiger partial charge in [-0.25, -0.2) is 0 Å². The third kappa shape index (κ3) is 5.37. The van der Waals surface area contributed by atoms with E-state index in [1.54, 1.807) is 0 Å². The van der Waals surface area contributed by atoms with Gasteiger partial charge in [-0.2, -0.15) is 0 Å². The van der Waals surface area contributed by atoms with E-state index in [-0.39, 0.29) is 18.6 Å². The van der Waals surface area contributed by atoms with Crippen LogP contribution < -0.4 is 5.32 Å². The van der Waals surface area contributed by atoms with E-state index >= 15 is 0 Å². The van der Waals surface area contributed by atoms with E-state index in [4.69, 9.17) is 0 Å². The third-order valence-corrected chi connectivity index (χ3v) is 4.94. The summed E-state index contributed by atoms with van der Waals surface area (Å²) < 4.78 is 0.